The first-order chi connectivity index (χ1) is 13.2. The van der Waals surface area contributed by atoms with Gasteiger partial charge in [0.1, 0.15) is 0 Å². The zero-order chi connectivity index (χ0) is 18.4. The Morgan fingerprint density at radius 1 is 0.963 bits per heavy atom. The van der Waals surface area contributed by atoms with Crippen molar-refractivity contribution < 1.29 is 19.1 Å². The monoisotopic (exact) mass is 363 g/mol. The lowest BCUT2D eigenvalue weighted by molar-refractivity contribution is -0.0969. The maximum atomic E-state index is 13.1. The van der Waals surface area contributed by atoms with Gasteiger partial charge in [-0.1, -0.05) is 30.3 Å². The first-order valence-corrected chi connectivity index (χ1v) is 9.53. The second-order valence-electron chi connectivity index (χ2n) is 7.40. The van der Waals surface area contributed by atoms with Crippen LogP contribution in [0, 0.1) is 5.92 Å². The number of ketones is 1. The zero-order valence-corrected chi connectivity index (χ0v) is 15.0. The first kappa shape index (κ1) is 16.7. The lowest BCUT2D eigenvalue weighted by Gasteiger charge is -2.34. The van der Waals surface area contributed by atoms with E-state index in [0.29, 0.717) is 36.4 Å². The van der Waals surface area contributed by atoms with Crippen LogP contribution in [0.5, 0.6) is 0 Å². The summed E-state index contributed by atoms with van der Waals surface area (Å²) in [7, 11) is 0. The Morgan fingerprint density at radius 2 is 1.70 bits per heavy atom. The third-order valence-electron chi connectivity index (χ3n) is 5.75. The second kappa shape index (κ2) is 6.59. The van der Waals surface area contributed by atoms with E-state index in [4.69, 9.17) is 9.47 Å². The quantitative estimate of drug-likeness (QED) is 0.702. The number of fused-ring (bicyclic) bond motifs is 3. The van der Waals surface area contributed by atoms with Crippen LogP contribution < -0.4 is 0 Å². The van der Waals surface area contributed by atoms with Gasteiger partial charge >= 0.3 is 0 Å². The van der Waals surface area contributed by atoms with E-state index in [2.05, 4.69) is 0 Å². The number of benzene rings is 2. The van der Waals surface area contributed by atoms with E-state index >= 15 is 0 Å². The molecule has 0 radical (unpaired) electrons. The Morgan fingerprint density at radius 3 is 2.52 bits per heavy atom. The van der Waals surface area contributed by atoms with Gasteiger partial charge in [0.25, 0.3) is 5.91 Å². The molecule has 2 heterocycles. The van der Waals surface area contributed by atoms with Gasteiger partial charge in [0, 0.05) is 35.7 Å². The average Bonchev–Trinajstić information content (AvgIpc) is 3.35. The van der Waals surface area contributed by atoms with Crippen molar-refractivity contribution in [1.29, 1.82) is 0 Å². The van der Waals surface area contributed by atoms with Crippen molar-refractivity contribution in [2.75, 3.05) is 26.3 Å². The summed E-state index contributed by atoms with van der Waals surface area (Å²) in [6.45, 7) is 2.62. The molecule has 0 spiro atoms. The van der Waals surface area contributed by atoms with Crippen LogP contribution in [0.4, 0.5) is 0 Å². The largest absolute Gasteiger partial charge is 0.350 e. The SMILES string of the molecule is O=C1c2ccccc2-c2ccc(C(=O)N3CCCC(C4OCCO4)C3)cc21. The topological polar surface area (TPSA) is 55.8 Å². The molecular weight excluding hydrogens is 342 g/mol. The van der Waals surface area contributed by atoms with E-state index in [1.165, 1.54) is 0 Å². The fourth-order valence-electron chi connectivity index (χ4n) is 4.41. The average molecular weight is 363 g/mol. The summed E-state index contributed by atoms with van der Waals surface area (Å²) in [5.41, 5.74) is 3.77. The zero-order valence-electron chi connectivity index (χ0n) is 15.0. The van der Waals surface area contributed by atoms with Crippen LogP contribution in [0.15, 0.2) is 42.5 Å². The molecule has 138 valence electrons. The Bertz CT molecular complexity index is 916. The minimum absolute atomic E-state index is 0.000439. The van der Waals surface area contributed by atoms with Crippen molar-refractivity contribution in [3.05, 3.63) is 59.2 Å². The number of ether oxygens (including phenoxy) is 2. The predicted molar refractivity (Wildman–Crippen MR) is 99.6 cm³/mol. The molecule has 0 N–H and O–H groups in total. The molecule has 0 saturated carbocycles. The van der Waals surface area contributed by atoms with Gasteiger partial charge in [-0.05, 0) is 36.1 Å². The summed E-state index contributed by atoms with van der Waals surface area (Å²) in [5.74, 6) is 0.189. The summed E-state index contributed by atoms with van der Waals surface area (Å²) in [6, 6.07) is 13.1. The molecule has 2 aromatic carbocycles. The van der Waals surface area contributed by atoms with E-state index in [0.717, 1.165) is 30.5 Å². The van der Waals surface area contributed by atoms with Gasteiger partial charge in [-0.2, -0.15) is 0 Å². The summed E-state index contributed by atoms with van der Waals surface area (Å²) in [6.07, 6.45) is 1.75. The number of nitrogens with zero attached hydrogens (tertiary/aromatic N) is 1. The van der Waals surface area contributed by atoms with E-state index < -0.39 is 0 Å². The van der Waals surface area contributed by atoms with Crippen LogP contribution in [0.25, 0.3) is 11.1 Å². The van der Waals surface area contributed by atoms with Gasteiger partial charge in [-0.15, -0.1) is 0 Å². The van der Waals surface area contributed by atoms with Crippen molar-refractivity contribution in [2.24, 2.45) is 5.92 Å². The lowest BCUT2D eigenvalue weighted by Crippen LogP contribution is -2.43. The number of rotatable bonds is 2. The summed E-state index contributed by atoms with van der Waals surface area (Å²) in [5, 5.41) is 0. The highest BCUT2D eigenvalue weighted by molar-refractivity contribution is 6.22. The molecule has 5 nitrogen and oxygen atoms in total. The standard InChI is InChI=1S/C22H21NO4/c24-20-18-6-2-1-5-16(18)17-8-7-14(12-19(17)20)21(25)23-9-3-4-15(13-23)22-26-10-11-27-22/h1-2,5-8,12,15,22H,3-4,9-11,13H2. The fourth-order valence-corrected chi connectivity index (χ4v) is 4.41. The molecule has 5 rings (SSSR count). The van der Waals surface area contributed by atoms with Gasteiger partial charge in [0.15, 0.2) is 12.1 Å². The van der Waals surface area contributed by atoms with Crippen LogP contribution in [-0.2, 0) is 9.47 Å². The van der Waals surface area contributed by atoms with Gasteiger partial charge in [0.2, 0.25) is 0 Å². The van der Waals surface area contributed by atoms with Gasteiger partial charge in [0.05, 0.1) is 13.2 Å². The molecular formula is C22H21NO4. The molecule has 1 amide bonds. The van der Waals surface area contributed by atoms with Gasteiger partial charge < -0.3 is 14.4 Å². The lowest BCUT2D eigenvalue weighted by atomic mass is 9.96. The molecule has 2 saturated heterocycles. The number of carbonyl (C=O) groups is 2. The van der Waals surface area contributed by atoms with Gasteiger partial charge in [-0.3, -0.25) is 9.59 Å². The summed E-state index contributed by atoms with van der Waals surface area (Å²) >= 11 is 0. The maximum Gasteiger partial charge on any atom is 0.253 e. The van der Waals surface area contributed by atoms with Gasteiger partial charge in [-0.25, -0.2) is 0 Å². The number of piperidine rings is 1. The summed E-state index contributed by atoms with van der Waals surface area (Å²) in [4.78, 5) is 27.6. The van der Waals surface area contributed by atoms with E-state index in [9.17, 15) is 9.59 Å². The van der Waals surface area contributed by atoms with Crippen LogP contribution in [0.3, 0.4) is 0 Å². The molecule has 2 aliphatic heterocycles. The Balaban J connectivity index is 1.39. The minimum atomic E-state index is -0.198. The molecule has 1 unspecified atom stereocenters. The van der Waals surface area contributed by atoms with Crippen molar-refractivity contribution in [3.63, 3.8) is 0 Å². The molecule has 1 aliphatic carbocycles. The number of hydrogen-bond donors (Lipinski definition) is 0. The smallest absolute Gasteiger partial charge is 0.253 e. The van der Waals surface area contributed by atoms with Crippen LogP contribution in [-0.4, -0.2) is 49.2 Å². The Kier molecular flexibility index (Phi) is 4.06. The first-order valence-electron chi connectivity index (χ1n) is 9.53. The maximum absolute atomic E-state index is 13.1. The molecule has 3 aliphatic rings. The number of carbonyl (C=O) groups excluding carboxylic acids is 2. The number of amides is 1. The van der Waals surface area contributed by atoms with Crippen LogP contribution in [0.2, 0.25) is 0 Å². The third-order valence-corrected chi connectivity index (χ3v) is 5.75. The van der Waals surface area contributed by atoms with Crippen molar-refractivity contribution >= 4 is 11.7 Å². The highest BCUT2D eigenvalue weighted by atomic mass is 16.7. The molecule has 1 atom stereocenters. The molecule has 2 aromatic rings. The van der Waals surface area contributed by atoms with E-state index in [1.807, 2.05) is 41.3 Å². The van der Waals surface area contributed by atoms with Crippen LogP contribution >= 0.6 is 0 Å². The predicted octanol–water partition coefficient (Wildman–Crippen LogP) is 3.12. The molecule has 0 bridgehead atoms. The molecule has 2 fully saturated rings. The minimum Gasteiger partial charge on any atom is -0.350 e. The molecule has 5 heteroatoms. The van der Waals surface area contributed by atoms with Crippen molar-refractivity contribution in [3.8, 4) is 11.1 Å². The number of likely N-dealkylation sites (tertiary alicyclic amines) is 1. The molecule has 27 heavy (non-hydrogen) atoms. The Labute approximate surface area is 157 Å². The number of hydrogen-bond acceptors (Lipinski definition) is 4. The van der Waals surface area contributed by atoms with E-state index in [1.54, 1.807) is 6.07 Å². The van der Waals surface area contributed by atoms with Crippen molar-refractivity contribution in [2.45, 2.75) is 19.1 Å². The highest BCUT2D eigenvalue weighted by Crippen LogP contribution is 2.37. The van der Waals surface area contributed by atoms with E-state index in [-0.39, 0.29) is 23.9 Å². The summed E-state index contributed by atoms with van der Waals surface area (Å²) < 4.78 is 11.3. The third kappa shape index (κ3) is 2.78. The normalized spacial score (nSPS) is 22.0. The Hall–Kier alpha value is -2.50. The molecule has 0 aromatic heterocycles. The fraction of sp³-hybridized carbons (Fsp3) is 0.364. The second-order valence-corrected chi connectivity index (χ2v) is 7.40. The van der Waals surface area contributed by atoms with Crippen molar-refractivity contribution in [1.82, 2.24) is 4.90 Å². The van der Waals surface area contributed by atoms with Crippen LogP contribution in [0.1, 0.15) is 39.1 Å². The highest BCUT2D eigenvalue weighted by Gasteiger charge is 2.34.